The number of carbonyl (C=O) groups excluding carboxylic acids is 1. The molecule has 0 aliphatic heterocycles. The number of rotatable bonds is 4. The third-order valence-electron chi connectivity index (χ3n) is 2.15. The van der Waals surface area contributed by atoms with Crippen LogP contribution in [0.5, 0.6) is 0 Å². The molecular weight excluding hydrogens is 252 g/mol. The highest BCUT2D eigenvalue weighted by atomic mass is 35.5. The van der Waals surface area contributed by atoms with E-state index >= 15 is 0 Å². The van der Waals surface area contributed by atoms with Crippen LogP contribution in [0.1, 0.15) is 18.5 Å². The van der Waals surface area contributed by atoms with Gasteiger partial charge in [0.1, 0.15) is 5.82 Å². The van der Waals surface area contributed by atoms with Crippen molar-refractivity contribution < 1.29 is 18.3 Å². The summed E-state index contributed by atoms with van der Waals surface area (Å²) in [4.78, 5) is 11.1. The fourth-order valence-electron chi connectivity index (χ4n) is 1.30. The molecule has 2 atom stereocenters. The van der Waals surface area contributed by atoms with Crippen molar-refractivity contribution in [2.45, 2.75) is 19.1 Å². The molecule has 0 aliphatic carbocycles. The lowest BCUT2D eigenvalue weighted by molar-refractivity contribution is -0.149. The third kappa shape index (κ3) is 3.38. The zero-order valence-electron chi connectivity index (χ0n) is 9.12. The third-order valence-corrected chi connectivity index (χ3v) is 2.48. The maximum absolute atomic E-state index is 13.6. The molecule has 0 saturated carbocycles. The fraction of sp³-hybridized carbons (Fsp3) is 0.364. The van der Waals surface area contributed by atoms with Crippen LogP contribution in [0, 0.1) is 5.82 Å². The van der Waals surface area contributed by atoms with Crippen LogP contribution in [0.3, 0.4) is 0 Å². The molecule has 0 amide bonds. The van der Waals surface area contributed by atoms with Crippen molar-refractivity contribution in [1.29, 1.82) is 0 Å². The van der Waals surface area contributed by atoms with Gasteiger partial charge in [-0.2, -0.15) is 0 Å². The van der Waals surface area contributed by atoms with Crippen molar-refractivity contribution in [3.8, 4) is 0 Å². The first kappa shape index (κ1) is 13.9. The Morgan fingerprint density at radius 2 is 2.24 bits per heavy atom. The normalized spacial score (nSPS) is 14.2. The van der Waals surface area contributed by atoms with Crippen LogP contribution in [-0.2, 0) is 9.53 Å². The van der Waals surface area contributed by atoms with Crippen molar-refractivity contribution >= 4 is 17.6 Å². The lowest BCUT2D eigenvalue weighted by Gasteiger charge is -2.16. The van der Waals surface area contributed by atoms with Gasteiger partial charge in [-0.05, 0) is 24.6 Å². The molecule has 2 N–H and O–H groups in total. The first-order chi connectivity index (χ1) is 7.97. The highest BCUT2D eigenvalue weighted by Gasteiger charge is 2.29. The van der Waals surface area contributed by atoms with Crippen LogP contribution in [0.15, 0.2) is 18.2 Å². The molecule has 3 nitrogen and oxygen atoms in total. The van der Waals surface area contributed by atoms with E-state index in [9.17, 15) is 13.6 Å². The Morgan fingerprint density at radius 1 is 1.59 bits per heavy atom. The summed E-state index contributed by atoms with van der Waals surface area (Å²) in [5.74, 6) is -1.61. The smallest absolute Gasteiger partial charge is 0.342 e. The average Bonchev–Trinajstić information content (AvgIpc) is 2.27. The number of hydrogen-bond donors (Lipinski definition) is 1. The predicted molar refractivity (Wildman–Crippen MR) is 59.9 cm³/mol. The first-order valence-electron chi connectivity index (χ1n) is 4.98. The molecule has 0 aromatic heterocycles. The van der Waals surface area contributed by atoms with Crippen molar-refractivity contribution in [3.05, 3.63) is 34.6 Å². The van der Waals surface area contributed by atoms with Crippen LogP contribution in [0.4, 0.5) is 8.78 Å². The molecule has 0 spiro atoms. The van der Waals surface area contributed by atoms with E-state index in [1.165, 1.54) is 6.07 Å². The summed E-state index contributed by atoms with van der Waals surface area (Å²) in [5, 5.41) is -0.0237. The van der Waals surface area contributed by atoms with Gasteiger partial charge in [0.2, 0.25) is 6.17 Å². The number of benzene rings is 1. The predicted octanol–water partition coefficient (Wildman–Crippen LogP) is 2.38. The molecule has 0 heterocycles. The molecule has 0 aliphatic rings. The number of nitrogens with two attached hydrogens (primary N) is 1. The van der Waals surface area contributed by atoms with E-state index in [1.807, 2.05) is 0 Å². The van der Waals surface area contributed by atoms with Gasteiger partial charge in [-0.1, -0.05) is 17.7 Å². The van der Waals surface area contributed by atoms with Gasteiger partial charge in [0, 0.05) is 5.02 Å². The van der Waals surface area contributed by atoms with Crippen LogP contribution in [0.25, 0.3) is 0 Å². The van der Waals surface area contributed by atoms with Crippen molar-refractivity contribution in [1.82, 2.24) is 0 Å². The van der Waals surface area contributed by atoms with E-state index in [0.717, 1.165) is 12.1 Å². The van der Waals surface area contributed by atoms with E-state index in [0.29, 0.717) is 0 Å². The van der Waals surface area contributed by atoms with Gasteiger partial charge in [0.15, 0.2) is 0 Å². The molecule has 0 saturated heterocycles. The Labute approximate surface area is 103 Å². The van der Waals surface area contributed by atoms with Crippen LogP contribution in [0.2, 0.25) is 5.02 Å². The zero-order chi connectivity index (χ0) is 13.0. The topological polar surface area (TPSA) is 52.3 Å². The standard InChI is InChI=1S/C11H12ClF2NO2/c1-2-17-11(16)9(14)10(15)7-4-3-6(13)5-8(7)12/h3-5,9-10H,2,15H2,1H3/t9?,10-/m1/s1. The Morgan fingerprint density at radius 3 is 2.76 bits per heavy atom. The van der Waals surface area contributed by atoms with Crippen molar-refractivity contribution in [3.63, 3.8) is 0 Å². The monoisotopic (exact) mass is 263 g/mol. The lowest BCUT2D eigenvalue weighted by atomic mass is 10.0. The maximum Gasteiger partial charge on any atom is 0.342 e. The average molecular weight is 264 g/mol. The minimum Gasteiger partial charge on any atom is -0.464 e. The van der Waals surface area contributed by atoms with Gasteiger partial charge in [-0.15, -0.1) is 0 Å². The summed E-state index contributed by atoms with van der Waals surface area (Å²) in [7, 11) is 0. The molecule has 1 rings (SSSR count). The summed E-state index contributed by atoms with van der Waals surface area (Å²) in [6.45, 7) is 1.62. The molecule has 6 heteroatoms. The minimum absolute atomic E-state index is 0.0237. The van der Waals surface area contributed by atoms with Gasteiger partial charge in [0.25, 0.3) is 0 Å². The van der Waals surface area contributed by atoms with Gasteiger partial charge < -0.3 is 10.5 Å². The quantitative estimate of drug-likeness (QED) is 0.849. The van der Waals surface area contributed by atoms with Crippen molar-refractivity contribution in [2.24, 2.45) is 5.73 Å². The fourth-order valence-corrected chi connectivity index (χ4v) is 1.59. The second-order valence-corrected chi connectivity index (χ2v) is 3.75. The van der Waals surface area contributed by atoms with E-state index in [1.54, 1.807) is 6.92 Å². The number of ether oxygens (including phenoxy) is 1. The molecule has 17 heavy (non-hydrogen) atoms. The molecule has 0 bridgehead atoms. The maximum atomic E-state index is 13.6. The first-order valence-corrected chi connectivity index (χ1v) is 5.36. The highest BCUT2D eigenvalue weighted by molar-refractivity contribution is 6.31. The Kier molecular flexibility index (Phi) is 4.84. The molecule has 94 valence electrons. The van der Waals surface area contributed by atoms with E-state index < -0.39 is 24.0 Å². The second-order valence-electron chi connectivity index (χ2n) is 3.35. The molecule has 1 aromatic carbocycles. The van der Waals surface area contributed by atoms with E-state index in [2.05, 4.69) is 4.74 Å². The van der Waals surface area contributed by atoms with Crippen LogP contribution < -0.4 is 5.73 Å². The summed E-state index contributed by atoms with van der Waals surface area (Å²) in [6.07, 6.45) is -2.03. The molecule has 1 aromatic rings. The minimum atomic E-state index is -2.03. The SMILES string of the molecule is CCOC(=O)C(F)[C@H](N)c1ccc(F)cc1Cl. The Balaban J connectivity index is 2.88. The van der Waals surface area contributed by atoms with Crippen LogP contribution >= 0.6 is 11.6 Å². The zero-order valence-corrected chi connectivity index (χ0v) is 9.88. The lowest BCUT2D eigenvalue weighted by Crippen LogP contribution is -2.31. The second kappa shape index (κ2) is 5.93. The van der Waals surface area contributed by atoms with Gasteiger partial charge in [-0.25, -0.2) is 13.6 Å². The summed E-state index contributed by atoms with van der Waals surface area (Å²) in [5.41, 5.74) is 5.70. The van der Waals surface area contributed by atoms with Crippen molar-refractivity contribution in [2.75, 3.05) is 6.61 Å². The number of esters is 1. The molecular formula is C11H12ClF2NO2. The number of halogens is 3. The van der Waals surface area contributed by atoms with Gasteiger partial charge >= 0.3 is 5.97 Å². The summed E-state index contributed by atoms with van der Waals surface area (Å²) < 4.78 is 30.9. The van der Waals surface area contributed by atoms with E-state index in [-0.39, 0.29) is 17.2 Å². The molecule has 0 fully saturated rings. The number of carbonyl (C=O) groups is 1. The number of hydrogen-bond acceptors (Lipinski definition) is 3. The highest BCUT2D eigenvalue weighted by Crippen LogP contribution is 2.26. The van der Waals surface area contributed by atoms with Gasteiger partial charge in [0.05, 0.1) is 12.6 Å². The van der Waals surface area contributed by atoms with E-state index in [4.69, 9.17) is 17.3 Å². The summed E-state index contributed by atoms with van der Waals surface area (Å²) >= 11 is 5.71. The Hall–Kier alpha value is -1.20. The van der Waals surface area contributed by atoms with Gasteiger partial charge in [-0.3, -0.25) is 0 Å². The Bertz CT molecular complexity index is 414. The summed E-state index contributed by atoms with van der Waals surface area (Å²) in [6, 6.07) is 2.07. The molecule has 1 unspecified atom stereocenters. The van der Waals surface area contributed by atoms with Crippen LogP contribution in [-0.4, -0.2) is 18.7 Å². The number of alkyl halides is 1. The largest absolute Gasteiger partial charge is 0.464 e. The molecule has 0 radical (unpaired) electrons.